The highest BCUT2D eigenvalue weighted by Gasteiger charge is 2.17. The second-order valence-electron chi connectivity index (χ2n) is 9.31. The van der Waals surface area contributed by atoms with Crippen molar-refractivity contribution in [1.82, 2.24) is 0 Å². The molecular weight excluding hydrogens is 336 g/mol. The van der Waals surface area contributed by atoms with Crippen molar-refractivity contribution in [3.63, 3.8) is 0 Å². The number of unbranched alkanes of at least 4 members (excludes halogenated alkanes) is 4. The van der Waals surface area contributed by atoms with Gasteiger partial charge >= 0.3 is 0 Å². The second-order valence-corrected chi connectivity index (χ2v) is 9.31. The van der Waals surface area contributed by atoms with Crippen molar-refractivity contribution in [3.8, 4) is 0 Å². The van der Waals surface area contributed by atoms with Gasteiger partial charge in [-0.05, 0) is 72.6 Å². The van der Waals surface area contributed by atoms with E-state index in [1.165, 1.54) is 101 Å². The summed E-state index contributed by atoms with van der Waals surface area (Å²) >= 11 is 0. The van der Waals surface area contributed by atoms with Crippen LogP contribution in [0.25, 0.3) is 11.1 Å². The summed E-state index contributed by atoms with van der Waals surface area (Å²) in [6.45, 7) is 4.61. The molecule has 0 aliphatic heterocycles. The van der Waals surface area contributed by atoms with Gasteiger partial charge in [0.05, 0.1) is 0 Å². The molecule has 28 heavy (non-hydrogen) atoms. The molecule has 0 saturated carbocycles. The molecule has 0 amide bonds. The van der Waals surface area contributed by atoms with E-state index in [4.69, 9.17) is 0 Å². The Morgan fingerprint density at radius 1 is 0.643 bits per heavy atom. The Morgan fingerprint density at radius 2 is 1.14 bits per heavy atom. The van der Waals surface area contributed by atoms with E-state index in [2.05, 4.69) is 50.3 Å². The Bertz CT molecular complexity index is 631. The lowest BCUT2D eigenvalue weighted by atomic mass is 9.82. The van der Waals surface area contributed by atoms with E-state index in [0.29, 0.717) is 0 Å². The molecule has 0 fully saturated rings. The summed E-state index contributed by atoms with van der Waals surface area (Å²) in [5.74, 6) is 1.87. The molecule has 0 radical (unpaired) electrons. The van der Waals surface area contributed by atoms with E-state index in [-0.39, 0.29) is 0 Å². The first-order valence-corrected chi connectivity index (χ1v) is 12.3. The summed E-state index contributed by atoms with van der Waals surface area (Å²) in [6, 6.07) is 9.52. The number of rotatable bonds is 10. The molecule has 0 heteroatoms. The van der Waals surface area contributed by atoms with Gasteiger partial charge in [0.15, 0.2) is 0 Å². The Kier molecular flexibility index (Phi) is 8.90. The minimum Gasteiger partial charge on any atom is -0.0804 e. The summed E-state index contributed by atoms with van der Waals surface area (Å²) in [5.41, 5.74) is 6.10. The molecular formula is C28H42. The highest BCUT2D eigenvalue weighted by Crippen LogP contribution is 2.35. The van der Waals surface area contributed by atoms with Crippen molar-refractivity contribution in [2.45, 2.75) is 104 Å². The minimum atomic E-state index is 0.935. The zero-order valence-corrected chi connectivity index (χ0v) is 18.5. The van der Waals surface area contributed by atoms with Crippen molar-refractivity contribution in [1.29, 1.82) is 0 Å². The molecule has 0 heterocycles. The van der Waals surface area contributed by atoms with Crippen LogP contribution in [-0.2, 0) is 0 Å². The third-order valence-corrected chi connectivity index (χ3v) is 7.10. The molecule has 2 aliphatic carbocycles. The molecule has 2 atom stereocenters. The van der Waals surface area contributed by atoms with Gasteiger partial charge in [-0.2, -0.15) is 0 Å². The standard InChI is InChI=1S/C28H42/c1-3-5-7-8-10-24-13-17-26(18-14-24)28-21-19-27(20-22-28)25-15-11-23(12-16-25)9-6-4-2/h15,17,19-24H,3-14,16,18H2,1-2H3. The van der Waals surface area contributed by atoms with Crippen molar-refractivity contribution < 1.29 is 0 Å². The Morgan fingerprint density at radius 3 is 1.57 bits per heavy atom. The third kappa shape index (κ3) is 6.36. The van der Waals surface area contributed by atoms with E-state index in [1.807, 2.05) is 0 Å². The van der Waals surface area contributed by atoms with Crippen molar-refractivity contribution in [3.05, 3.63) is 47.5 Å². The predicted molar refractivity (Wildman–Crippen MR) is 125 cm³/mol. The average molecular weight is 379 g/mol. The van der Waals surface area contributed by atoms with E-state index in [1.54, 1.807) is 11.1 Å². The largest absolute Gasteiger partial charge is 0.0804 e. The Balaban J connectivity index is 1.50. The molecule has 0 aromatic heterocycles. The van der Waals surface area contributed by atoms with Crippen molar-refractivity contribution in [2.75, 3.05) is 0 Å². The van der Waals surface area contributed by atoms with Crippen molar-refractivity contribution >= 4 is 11.1 Å². The molecule has 1 aromatic carbocycles. The first-order valence-electron chi connectivity index (χ1n) is 12.3. The fourth-order valence-electron chi connectivity index (χ4n) is 5.08. The van der Waals surface area contributed by atoms with Crippen LogP contribution in [0.5, 0.6) is 0 Å². The molecule has 0 saturated heterocycles. The van der Waals surface area contributed by atoms with E-state index in [0.717, 1.165) is 11.8 Å². The third-order valence-electron chi connectivity index (χ3n) is 7.10. The topological polar surface area (TPSA) is 0 Å². The molecule has 2 aliphatic rings. The molecule has 0 bridgehead atoms. The van der Waals surface area contributed by atoms with Gasteiger partial charge in [0.2, 0.25) is 0 Å². The number of allylic oxidation sites excluding steroid dienone is 4. The van der Waals surface area contributed by atoms with Gasteiger partial charge in [0.1, 0.15) is 0 Å². The van der Waals surface area contributed by atoms with Gasteiger partial charge in [-0.15, -0.1) is 0 Å². The predicted octanol–water partition coefficient (Wildman–Crippen LogP) is 9.21. The van der Waals surface area contributed by atoms with Crippen LogP contribution < -0.4 is 0 Å². The lowest BCUT2D eigenvalue weighted by molar-refractivity contribution is 0.425. The fourth-order valence-corrected chi connectivity index (χ4v) is 5.08. The van der Waals surface area contributed by atoms with E-state index >= 15 is 0 Å². The average Bonchev–Trinajstić information content (AvgIpc) is 2.76. The SMILES string of the molecule is CCCCCCC1CC=C(c2ccc(C3=CCC(CCCC)CC3)cc2)CC1. The summed E-state index contributed by atoms with van der Waals surface area (Å²) in [6.07, 6.45) is 24.2. The molecule has 0 N–H and O–H groups in total. The van der Waals surface area contributed by atoms with E-state index < -0.39 is 0 Å². The monoisotopic (exact) mass is 378 g/mol. The fraction of sp³-hybridized carbons (Fsp3) is 0.643. The Labute approximate surface area is 174 Å². The number of hydrogen-bond acceptors (Lipinski definition) is 0. The maximum atomic E-state index is 2.54. The van der Waals surface area contributed by atoms with Crippen LogP contribution in [0, 0.1) is 11.8 Å². The van der Waals surface area contributed by atoms with Crippen LogP contribution in [0.3, 0.4) is 0 Å². The van der Waals surface area contributed by atoms with Gasteiger partial charge < -0.3 is 0 Å². The van der Waals surface area contributed by atoms with Gasteiger partial charge in [-0.1, -0.05) is 102 Å². The quantitative estimate of drug-likeness (QED) is 0.356. The Hall–Kier alpha value is -1.30. The molecule has 3 rings (SSSR count). The van der Waals surface area contributed by atoms with Crippen LogP contribution >= 0.6 is 0 Å². The van der Waals surface area contributed by atoms with Crippen LogP contribution in [0.15, 0.2) is 36.4 Å². The van der Waals surface area contributed by atoms with Crippen LogP contribution in [0.2, 0.25) is 0 Å². The zero-order chi connectivity index (χ0) is 19.6. The lowest BCUT2D eigenvalue weighted by Gasteiger charge is -2.23. The lowest BCUT2D eigenvalue weighted by Crippen LogP contribution is -2.06. The first-order chi connectivity index (χ1) is 13.8. The number of benzene rings is 1. The summed E-state index contributed by atoms with van der Waals surface area (Å²) in [4.78, 5) is 0. The zero-order valence-electron chi connectivity index (χ0n) is 18.5. The first kappa shape index (κ1) is 21.4. The second kappa shape index (κ2) is 11.6. The maximum absolute atomic E-state index is 2.54. The molecule has 0 spiro atoms. The van der Waals surface area contributed by atoms with Gasteiger partial charge in [0, 0.05) is 0 Å². The summed E-state index contributed by atoms with van der Waals surface area (Å²) < 4.78 is 0. The van der Waals surface area contributed by atoms with Crippen molar-refractivity contribution in [2.24, 2.45) is 11.8 Å². The van der Waals surface area contributed by atoms with Gasteiger partial charge in [-0.25, -0.2) is 0 Å². The maximum Gasteiger partial charge on any atom is -0.0227 e. The highest BCUT2D eigenvalue weighted by atomic mass is 14.2. The molecule has 154 valence electrons. The molecule has 0 nitrogen and oxygen atoms in total. The van der Waals surface area contributed by atoms with Crippen LogP contribution in [0.1, 0.15) is 115 Å². The van der Waals surface area contributed by atoms with Gasteiger partial charge in [-0.3, -0.25) is 0 Å². The minimum absolute atomic E-state index is 0.935. The normalized spacial score (nSPS) is 22.6. The van der Waals surface area contributed by atoms with Crippen LogP contribution in [-0.4, -0.2) is 0 Å². The molecule has 1 aromatic rings. The molecule has 2 unspecified atom stereocenters. The summed E-state index contributed by atoms with van der Waals surface area (Å²) in [5, 5.41) is 0. The van der Waals surface area contributed by atoms with Crippen LogP contribution in [0.4, 0.5) is 0 Å². The smallest absolute Gasteiger partial charge is 0.0227 e. The van der Waals surface area contributed by atoms with E-state index in [9.17, 15) is 0 Å². The van der Waals surface area contributed by atoms with Gasteiger partial charge in [0.25, 0.3) is 0 Å². The highest BCUT2D eigenvalue weighted by molar-refractivity contribution is 5.71. The number of hydrogen-bond donors (Lipinski definition) is 0. The summed E-state index contributed by atoms with van der Waals surface area (Å²) in [7, 11) is 0.